The molecule has 4 N–H and O–H groups in total. The molecule has 1 aromatic rings. The smallest absolute Gasteiger partial charge is 0.221 e. The van der Waals surface area contributed by atoms with E-state index in [1.165, 1.54) is 0 Å². The van der Waals surface area contributed by atoms with Gasteiger partial charge in [-0.25, -0.2) is 0 Å². The maximum Gasteiger partial charge on any atom is 0.221 e. The number of carbonyl (C=O) groups is 1. The SMILES string of the molecule is COc1cc(NCCNC(=O)CC(C)N)cc(OC)c1. The van der Waals surface area contributed by atoms with E-state index in [1.807, 2.05) is 12.1 Å². The van der Waals surface area contributed by atoms with E-state index in [2.05, 4.69) is 10.6 Å². The average Bonchev–Trinajstić information content (AvgIpc) is 2.42. The van der Waals surface area contributed by atoms with Crippen molar-refractivity contribution in [2.24, 2.45) is 5.73 Å². The lowest BCUT2D eigenvalue weighted by atomic mass is 10.2. The topological polar surface area (TPSA) is 85.6 Å². The number of anilines is 1. The summed E-state index contributed by atoms with van der Waals surface area (Å²) in [6.07, 6.45) is 0.340. The average molecular weight is 281 g/mol. The molecule has 0 spiro atoms. The van der Waals surface area contributed by atoms with Crippen molar-refractivity contribution in [3.05, 3.63) is 18.2 Å². The van der Waals surface area contributed by atoms with Crippen LogP contribution in [0.5, 0.6) is 11.5 Å². The molecular weight excluding hydrogens is 258 g/mol. The second kappa shape index (κ2) is 8.27. The van der Waals surface area contributed by atoms with Crippen molar-refractivity contribution in [3.8, 4) is 11.5 Å². The maximum absolute atomic E-state index is 11.4. The Kier molecular flexibility index (Phi) is 6.66. The van der Waals surface area contributed by atoms with Gasteiger partial charge in [-0.1, -0.05) is 0 Å². The Labute approximate surface area is 119 Å². The lowest BCUT2D eigenvalue weighted by Gasteiger charge is -2.11. The normalized spacial score (nSPS) is 11.6. The molecule has 0 fully saturated rings. The second-order valence-electron chi connectivity index (χ2n) is 4.56. The summed E-state index contributed by atoms with van der Waals surface area (Å²) in [6.45, 7) is 2.95. The van der Waals surface area contributed by atoms with Crippen LogP contribution in [0.25, 0.3) is 0 Å². The monoisotopic (exact) mass is 281 g/mol. The number of carbonyl (C=O) groups excluding carboxylic acids is 1. The summed E-state index contributed by atoms with van der Waals surface area (Å²) in [5, 5.41) is 5.99. The van der Waals surface area contributed by atoms with Crippen molar-refractivity contribution in [2.45, 2.75) is 19.4 Å². The fraction of sp³-hybridized carbons (Fsp3) is 0.500. The third kappa shape index (κ3) is 5.79. The highest BCUT2D eigenvalue weighted by molar-refractivity contribution is 5.76. The highest BCUT2D eigenvalue weighted by atomic mass is 16.5. The molecular formula is C14H23N3O3. The zero-order valence-corrected chi connectivity index (χ0v) is 12.2. The van der Waals surface area contributed by atoms with Crippen LogP contribution in [0.1, 0.15) is 13.3 Å². The third-order valence-corrected chi connectivity index (χ3v) is 2.64. The van der Waals surface area contributed by atoms with Crippen molar-refractivity contribution >= 4 is 11.6 Å². The third-order valence-electron chi connectivity index (χ3n) is 2.64. The van der Waals surface area contributed by atoms with E-state index >= 15 is 0 Å². The van der Waals surface area contributed by atoms with Gasteiger partial charge in [0.2, 0.25) is 5.91 Å². The first-order valence-electron chi connectivity index (χ1n) is 6.54. The molecule has 0 aliphatic carbocycles. The molecule has 112 valence electrons. The van der Waals surface area contributed by atoms with Gasteiger partial charge in [0.25, 0.3) is 0 Å². The van der Waals surface area contributed by atoms with Gasteiger partial charge in [0.15, 0.2) is 0 Å². The Bertz CT molecular complexity index is 413. The molecule has 6 heteroatoms. The van der Waals surface area contributed by atoms with Crippen LogP contribution in [0.2, 0.25) is 0 Å². The first-order chi connectivity index (χ1) is 9.55. The molecule has 0 heterocycles. The lowest BCUT2D eigenvalue weighted by Crippen LogP contribution is -2.32. The first kappa shape index (κ1) is 16.1. The lowest BCUT2D eigenvalue weighted by molar-refractivity contribution is -0.121. The zero-order chi connectivity index (χ0) is 15.0. The molecule has 1 unspecified atom stereocenters. The van der Waals surface area contributed by atoms with Crippen LogP contribution in [0, 0.1) is 0 Å². The molecule has 1 rings (SSSR count). The van der Waals surface area contributed by atoms with E-state index in [9.17, 15) is 4.79 Å². The minimum atomic E-state index is -0.120. The number of nitrogens with one attached hydrogen (secondary N) is 2. The van der Waals surface area contributed by atoms with Crippen LogP contribution in [0.4, 0.5) is 5.69 Å². The highest BCUT2D eigenvalue weighted by Gasteiger charge is 2.04. The van der Waals surface area contributed by atoms with Crippen molar-refractivity contribution in [2.75, 3.05) is 32.6 Å². The maximum atomic E-state index is 11.4. The number of ether oxygens (including phenoxy) is 2. The fourth-order valence-electron chi connectivity index (χ4n) is 1.68. The molecule has 0 saturated carbocycles. The van der Waals surface area contributed by atoms with Gasteiger partial charge in [-0.05, 0) is 6.92 Å². The molecule has 20 heavy (non-hydrogen) atoms. The summed E-state index contributed by atoms with van der Waals surface area (Å²) in [5.74, 6) is 1.39. The van der Waals surface area contributed by atoms with Gasteiger partial charge in [0.1, 0.15) is 11.5 Å². The number of amides is 1. The summed E-state index contributed by atoms with van der Waals surface area (Å²) < 4.78 is 10.4. The number of benzene rings is 1. The minimum Gasteiger partial charge on any atom is -0.497 e. The van der Waals surface area contributed by atoms with Crippen LogP contribution in [0.15, 0.2) is 18.2 Å². The van der Waals surface area contributed by atoms with Crippen LogP contribution in [0.3, 0.4) is 0 Å². The summed E-state index contributed by atoms with van der Waals surface area (Å²) in [7, 11) is 3.21. The van der Waals surface area contributed by atoms with E-state index in [0.29, 0.717) is 31.0 Å². The van der Waals surface area contributed by atoms with Gasteiger partial charge < -0.3 is 25.8 Å². The molecule has 6 nitrogen and oxygen atoms in total. The van der Waals surface area contributed by atoms with E-state index in [0.717, 1.165) is 5.69 Å². The van der Waals surface area contributed by atoms with Crippen LogP contribution in [-0.4, -0.2) is 39.3 Å². The van der Waals surface area contributed by atoms with Crippen molar-refractivity contribution in [1.29, 1.82) is 0 Å². The van der Waals surface area contributed by atoms with Crippen molar-refractivity contribution in [3.63, 3.8) is 0 Å². The Morgan fingerprint density at radius 3 is 2.30 bits per heavy atom. The first-order valence-corrected chi connectivity index (χ1v) is 6.54. The number of hydrogen-bond donors (Lipinski definition) is 3. The largest absolute Gasteiger partial charge is 0.497 e. The molecule has 1 atom stereocenters. The van der Waals surface area contributed by atoms with Gasteiger partial charge in [0, 0.05) is 49.4 Å². The van der Waals surface area contributed by atoms with Crippen LogP contribution in [-0.2, 0) is 4.79 Å². The van der Waals surface area contributed by atoms with Gasteiger partial charge >= 0.3 is 0 Å². The predicted octanol–water partition coefficient (Wildman–Crippen LogP) is 0.969. The number of methoxy groups -OCH3 is 2. The van der Waals surface area contributed by atoms with Crippen molar-refractivity contribution in [1.82, 2.24) is 5.32 Å². The number of hydrogen-bond acceptors (Lipinski definition) is 5. The van der Waals surface area contributed by atoms with E-state index < -0.39 is 0 Å². The molecule has 1 amide bonds. The molecule has 1 aromatic carbocycles. The number of rotatable bonds is 8. The zero-order valence-electron chi connectivity index (χ0n) is 12.2. The van der Waals surface area contributed by atoms with Crippen LogP contribution < -0.4 is 25.8 Å². The van der Waals surface area contributed by atoms with E-state index in [1.54, 1.807) is 27.2 Å². The quantitative estimate of drug-likeness (QED) is 0.618. The van der Waals surface area contributed by atoms with E-state index in [-0.39, 0.29) is 11.9 Å². The van der Waals surface area contributed by atoms with Crippen LogP contribution >= 0.6 is 0 Å². The van der Waals surface area contributed by atoms with Gasteiger partial charge in [-0.2, -0.15) is 0 Å². The van der Waals surface area contributed by atoms with E-state index in [4.69, 9.17) is 15.2 Å². The minimum absolute atomic E-state index is 0.0370. The molecule has 0 bridgehead atoms. The summed E-state index contributed by atoms with van der Waals surface area (Å²) in [6, 6.07) is 5.42. The molecule has 0 saturated heterocycles. The summed E-state index contributed by atoms with van der Waals surface area (Å²) >= 11 is 0. The molecule has 0 aromatic heterocycles. The Hall–Kier alpha value is -1.95. The molecule has 0 radical (unpaired) electrons. The van der Waals surface area contributed by atoms with Gasteiger partial charge in [-0.3, -0.25) is 4.79 Å². The Balaban J connectivity index is 2.40. The summed E-state index contributed by atoms with van der Waals surface area (Å²) in [4.78, 5) is 11.4. The van der Waals surface area contributed by atoms with Gasteiger partial charge in [-0.15, -0.1) is 0 Å². The number of nitrogens with two attached hydrogens (primary N) is 1. The van der Waals surface area contributed by atoms with Gasteiger partial charge in [0.05, 0.1) is 14.2 Å². The highest BCUT2D eigenvalue weighted by Crippen LogP contribution is 2.25. The molecule has 0 aliphatic rings. The predicted molar refractivity (Wildman–Crippen MR) is 79.3 cm³/mol. The summed E-state index contributed by atoms with van der Waals surface area (Å²) in [5.41, 5.74) is 6.43. The molecule has 0 aliphatic heterocycles. The fourth-order valence-corrected chi connectivity index (χ4v) is 1.68. The van der Waals surface area contributed by atoms with Crippen molar-refractivity contribution < 1.29 is 14.3 Å². The Morgan fingerprint density at radius 1 is 1.20 bits per heavy atom. The standard InChI is InChI=1S/C14H23N3O3/c1-10(15)6-14(18)17-5-4-16-11-7-12(19-2)9-13(8-11)20-3/h7-10,16H,4-6,15H2,1-3H3,(H,17,18). The second-order valence-corrected chi connectivity index (χ2v) is 4.56. The Morgan fingerprint density at radius 2 is 1.80 bits per heavy atom.